The van der Waals surface area contributed by atoms with E-state index in [4.69, 9.17) is 15.2 Å². The maximum Gasteiger partial charge on any atom is 0.412 e. The lowest BCUT2D eigenvalue weighted by Crippen LogP contribution is -2.27. The van der Waals surface area contributed by atoms with Gasteiger partial charge in [-0.15, -0.1) is 11.3 Å². The number of hydrogen-bond acceptors (Lipinski definition) is 6. The van der Waals surface area contributed by atoms with Gasteiger partial charge in [-0.2, -0.15) is 0 Å². The Morgan fingerprint density at radius 3 is 2.73 bits per heavy atom. The number of methoxy groups -OCH3 is 1. The van der Waals surface area contributed by atoms with E-state index in [2.05, 4.69) is 10.3 Å². The van der Waals surface area contributed by atoms with Gasteiger partial charge < -0.3 is 15.2 Å². The van der Waals surface area contributed by atoms with E-state index in [0.29, 0.717) is 17.3 Å². The molecule has 0 atom stereocenters. The number of benzene rings is 1. The van der Waals surface area contributed by atoms with E-state index in [9.17, 15) is 4.79 Å². The molecule has 1 amide bonds. The fourth-order valence-corrected chi connectivity index (χ4v) is 3.57. The van der Waals surface area contributed by atoms with Crippen molar-refractivity contribution >= 4 is 39.0 Å². The van der Waals surface area contributed by atoms with Gasteiger partial charge in [-0.1, -0.05) is 6.07 Å². The molecule has 1 aromatic carbocycles. The summed E-state index contributed by atoms with van der Waals surface area (Å²) in [7, 11) is 1.56. The molecule has 0 radical (unpaired) electrons. The molecule has 3 N–H and O–H groups in total. The van der Waals surface area contributed by atoms with Crippen molar-refractivity contribution in [2.24, 2.45) is 0 Å². The second kappa shape index (κ2) is 6.84. The van der Waals surface area contributed by atoms with Crippen LogP contribution in [0.4, 0.5) is 16.3 Å². The quantitative estimate of drug-likeness (QED) is 0.684. The molecule has 0 saturated heterocycles. The molecule has 2 heterocycles. The van der Waals surface area contributed by atoms with Crippen LogP contribution in [0, 0.1) is 0 Å². The summed E-state index contributed by atoms with van der Waals surface area (Å²) >= 11 is 1.61. The van der Waals surface area contributed by atoms with Gasteiger partial charge in [0.2, 0.25) is 0 Å². The highest BCUT2D eigenvalue weighted by Gasteiger charge is 2.18. The highest BCUT2D eigenvalue weighted by atomic mass is 32.1. The van der Waals surface area contributed by atoms with Crippen molar-refractivity contribution in [2.75, 3.05) is 18.2 Å². The minimum absolute atomic E-state index is 0.494. The second-order valence-corrected chi connectivity index (χ2v) is 7.67. The predicted octanol–water partition coefficient (Wildman–Crippen LogP) is 4.90. The van der Waals surface area contributed by atoms with Crippen molar-refractivity contribution in [2.45, 2.75) is 26.4 Å². The first kappa shape index (κ1) is 18.0. The molecular formula is C19H21N3O3S. The number of fused-ring (bicyclic) bond motifs is 1. The van der Waals surface area contributed by atoms with Gasteiger partial charge in [-0.25, -0.2) is 9.78 Å². The highest BCUT2D eigenvalue weighted by molar-refractivity contribution is 7.17. The number of carbonyl (C=O) groups excluding carboxylic acids is 1. The van der Waals surface area contributed by atoms with Crippen molar-refractivity contribution < 1.29 is 14.3 Å². The van der Waals surface area contributed by atoms with Crippen molar-refractivity contribution in [1.29, 1.82) is 0 Å². The molecule has 136 valence electrons. The summed E-state index contributed by atoms with van der Waals surface area (Å²) in [6.45, 7) is 5.44. The van der Waals surface area contributed by atoms with E-state index in [-0.39, 0.29) is 0 Å². The number of nitrogens with one attached hydrogen (secondary N) is 1. The van der Waals surface area contributed by atoms with Gasteiger partial charge in [0.25, 0.3) is 0 Å². The standard InChI is InChI=1S/C19H21N3O3S/c1-19(2,3)25-18(23)22-13-6-5-11(9-14(13)24-4)12-10-26-15-7-8-21-17(20)16(12)15/h5-10H,1-4H3,(H2,20,21)(H,22,23). The Hall–Kier alpha value is -2.80. The van der Waals surface area contributed by atoms with Gasteiger partial charge in [0.15, 0.2) is 0 Å². The van der Waals surface area contributed by atoms with Crippen molar-refractivity contribution in [3.63, 3.8) is 0 Å². The average Bonchev–Trinajstić information content (AvgIpc) is 2.99. The molecular weight excluding hydrogens is 350 g/mol. The van der Waals surface area contributed by atoms with Gasteiger partial charge in [0.05, 0.1) is 12.8 Å². The molecule has 3 rings (SSSR count). The molecule has 0 aliphatic heterocycles. The van der Waals surface area contributed by atoms with Crippen LogP contribution in [0.5, 0.6) is 5.75 Å². The predicted molar refractivity (Wildman–Crippen MR) is 106 cm³/mol. The van der Waals surface area contributed by atoms with E-state index in [1.165, 1.54) is 0 Å². The lowest BCUT2D eigenvalue weighted by atomic mass is 10.0. The summed E-state index contributed by atoms with van der Waals surface area (Å²) in [6, 6.07) is 7.49. The number of amides is 1. The van der Waals surface area contributed by atoms with E-state index >= 15 is 0 Å². The Morgan fingerprint density at radius 1 is 1.27 bits per heavy atom. The Kier molecular flexibility index (Phi) is 4.73. The Bertz CT molecular complexity index is 960. The van der Waals surface area contributed by atoms with Crippen LogP contribution in [0.2, 0.25) is 0 Å². The first-order chi connectivity index (χ1) is 12.3. The maximum atomic E-state index is 12.0. The first-order valence-corrected chi connectivity index (χ1v) is 8.96. The summed E-state index contributed by atoms with van der Waals surface area (Å²) in [5.74, 6) is 1.03. The molecule has 7 heteroatoms. The minimum Gasteiger partial charge on any atom is -0.495 e. The van der Waals surface area contributed by atoms with Crippen LogP contribution in [0.1, 0.15) is 20.8 Å². The van der Waals surface area contributed by atoms with Gasteiger partial charge in [-0.3, -0.25) is 5.32 Å². The van der Waals surface area contributed by atoms with Gasteiger partial charge in [0, 0.05) is 21.8 Å². The molecule has 2 aromatic heterocycles. The second-order valence-electron chi connectivity index (χ2n) is 6.76. The number of anilines is 2. The molecule has 0 spiro atoms. The zero-order chi connectivity index (χ0) is 18.9. The highest BCUT2D eigenvalue weighted by Crippen LogP contribution is 2.39. The number of ether oxygens (including phenoxy) is 2. The molecule has 0 aliphatic carbocycles. The fraction of sp³-hybridized carbons (Fsp3) is 0.263. The largest absolute Gasteiger partial charge is 0.495 e. The molecule has 0 fully saturated rings. The average molecular weight is 371 g/mol. The third kappa shape index (κ3) is 3.72. The number of nitrogens with two attached hydrogens (primary N) is 1. The smallest absolute Gasteiger partial charge is 0.412 e. The van der Waals surface area contributed by atoms with Gasteiger partial charge in [-0.05, 0) is 49.9 Å². The summed E-state index contributed by atoms with van der Waals surface area (Å²) in [5, 5.41) is 5.68. The number of pyridine rings is 1. The molecule has 26 heavy (non-hydrogen) atoms. The van der Waals surface area contributed by atoms with E-state index in [0.717, 1.165) is 21.2 Å². The lowest BCUT2D eigenvalue weighted by molar-refractivity contribution is 0.0635. The number of aromatic nitrogens is 1. The van der Waals surface area contributed by atoms with E-state index in [1.54, 1.807) is 30.7 Å². The number of rotatable bonds is 3. The van der Waals surface area contributed by atoms with Crippen LogP contribution in [-0.4, -0.2) is 23.8 Å². The molecule has 0 saturated carbocycles. The van der Waals surface area contributed by atoms with Crippen LogP contribution in [0.3, 0.4) is 0 Å². The minimum atomic E-state index is -0.572. The van der Waals surface area contributed by atoms with Crippen LogP contribution in [-0.2, 0) is 4.74 Å². The number of hydrogen-bond donors (Lipinski definition) is 2. The molecule has 0 bridgehead atoms. The van der Waals surface area contributed by atoms with Crippen LogP contribution in [0.15, 0.2) is 35.8 Å². The third-order valence-corrected chi connectivity index (χ3v) is 4.61. The SMILES string of the molecule is COc1cc(-c2csc3ccnc(N)c23)ccc1NC(=O)OC(C)(C)C. The zero-order valence-corrected chi connectivity index (χ0v) is 15.9. The zero-order valence-electron chi connectivity index (χ0n) is 15.1. The Balaban J connectivity index is 1.95. The van der Waals surface area contributed by atoms with Crippen LogP contribution in [0.25, 0.3) is 21.2 Å². The lowest BCUT2D eigenvalue weighted by Gasteiger charge is -2.20. The van der Waals surface area contributed by atoms with Crippen molar-refractivity contribution in [3.05, 3.63) is 35.8 Å². The number of nitrogen functional groups attached to an aromatic ring is 1. The molecule has 0 unspecified atom stereocenters. The van der Waals surface area contributed by atoms with Crippen LogP contribution < -0.4 is 15.8 Å². The normalized spacial score (nSPS) is 11.4. The van der Waals surface area contributed by atoms with Crippen molar-refractivity contribution in [1.82, 2.24) is 4.98 Å². The fourth-order valence-electron chi connectivity index (χ4n) is 2.60. The number of nitrogens with zero attached hydrogens (tertiary/aromatic N) is 1. The summed E-state index contributed by atoms with van der Waals surface area (Å²) < 4.78 is 11.8. The summed E-state index contributed by atoms with van der Waals surface area (Å²) in [6.07, 6.45) is 1.17. The Labute approximate surface area is 155 Å². The number of carbonyl (C=O) groups is 1. The monoisotopic (exact) mass is 371 g/mol. The van der Waals surface area contributed by atoms with E-state index < -0.39 is 11.7 Å². The van der Waals surface area contributed by atoms with Crippen molar-refractivity contribution in [3.8, 4) is 16.9 Å². The molecule has 0 aliphatic rings. The first-order valence-electron chi connectivity index (χ1n) is 8.08. The van der Waals surface area contributed by atoms with Crippen LogP contribution >= 0.6 is 11.3 Å². The third-order valence-electron chi connectivity index (χ3n) is 3.66. The molecule has 6 nitrogen and oxygen atoms in total. The topological polar surface area (TPSA) is 86.5 Å². The maximum absolute atomic E-state index is 12.0. The van der Waals surface area contributed by atoms with Gasteiger partial charge >= 0.3 is 6.09 Å². The van der Waals surface area contributed by atoms with Gasteiger partial charge in [0.1, 0.15) is 17.2 Å². The summed E-state index contributed by atoms with van der Waals surface area (Å²) in [4.78, 5) is 16.2. The molecule has 3 aromatic rings. The number of thiophene rings is 1. The Morgan fingerprint density at radius 2 is 2.04 bits per heavy atom. The summed E-state index contributed by atoms with van der Waals surface area (Å²) in [5.41, 5.74) is 7.94. The van der Waals surface area contributed by atoms with E-state index in [1.807, 2.05) is 44.4 Å².